The first-order chi connectivity index (χ1) is 12.3. The summed E-state index contributed by atoms with van der Waals surface area (Å²) in [4.78, 5) is 8.72. The molecule has 0 saturated heterocycles. The zero-order valence-corrected chi connectivity index (χ0v) is 14.4. The SMILES string of the molecule is Nc1nc(SCc2ccc3ccccc3c2)cc(-c2ccccc2)n1. The lowest BCUT2D eigenvalue weighted by atomic mass is 10.1. The molecule has 3 aromatic carbocycles. The van der Waals surface area contributed by atoms with Crippen LogP contribution in [-0.2, 0) is 5.75 Å². The zero-order valence-electron chi connectivity index (χ0n) is 13.6. The van der Waals surface area contributed by atoms with E-state index in [2.05, 4.69) is 52.4 Å². The fourth-order valence-corrected chi connectivity index (χ4v) is 3.61. The highest BCUT2D eigenvalue weighted by Crippen LogP contribution is 2.27. The molecule has 0 aliphatic carbocycles. The summed E-state index contributed by atoms with van der Waals surface area (Å²) in [7, 11) is 0. The molecule has 3 nitrogen and oxygen atoms in total. The minimum Gasteiger partial charge on any atom is -0.368 e. The van der Waals surface area contributed by atoms with E-state index in [1.807, 2.05) is 36.4 Å². The summed E-state index contributed by atoms with van der Waals surface area (Å²) in [6.07, 6.45) is 0. The normalized spacial score (nSPS) is 10.9. The lowest BCUT2D eigenvalue weighted by molar-refractivity contribution is 1.07. The molecule has 2 N–H and O–H groups in total. The Morgan fingerprint density at radius 3 is 2.36 bits per heavy atom. The number of thioether (sulfide) groups is 1. The minimum atomic E-state index is 0.308. The van der Waals surface area contributed by atoms with Crippen LogP contribution in [0.25, 0.3) is 22.0 Å². The minimum absolute atomic E-state index is 0.308. The van der Waals surface area contributed by atoms with Crippen LogP contribution in [0, 0.1) is 0 Å². The fourth-order valence-electron chi connectivity index (χ4n) is 2.76. The van der Waals surface area contributed by atoms with Crippen molar-refractivity contribution in [2.24, 2.45) is 0 Å². The van der Waals surface area contributed by atoms with Crippen molar-refractivity contribution in [2.45, 2.75) is 10.8 Å². The first-order valence-electron chi connectivity index (χ1n) is 8.08. The van der Waals surface area contributed by atoms with Crippen LogP contribution in [0.2, 0.25) is 0 Å². The molecule has 0 aliphatic rings. The Bertz CT molecular complexity index is 1020. The highest BCUT2D eigenvalue weighted by atomic mass is 32.2. The molecule has 0 fully saturated rings. The number of hydrogen-bond acceptors (Lipinski definition) is 4. The summed E-state index contributed by atoms with van der Waals surface area (Å²) in [5, 5.41) is 3.40. The fraction of sp³-hybridized carbons (Fsp3) is 0.0476. The first-order valence-corrected chi connectivity index (χ1v) is 9.07. The molecule has 0 unspecified atom stereocenters. The Kier molecular flexibility index (Phi) is 4.36. The van der Waals surface area contributed by atoms with Gasteiger partial charge in [-0.25, -0.2) is 9.97 Å². The number of nitrogens with two attached hydrogens (primary N) is 1. The van der Waals surface area contributed by atoms with Gasteiger partial charge in [-0.2, -0.15) is 0 Å². The number of nitrogen functional groups attached to an aromatic ring is 1. The molecule has 122 valence electrons. The van der Waals surface area contributed by atoms with Gasteiger partial charge < -0.3 is 5.73 Å². The van der Waals surface area contributed by atoms with Crippen LogP contribution in [0.3, 0.4) is 0 Å². The van der Waals surface area contributed by atoms with Gasteiger partial charge >= 0.3 is 0 Å². The van der Waals surface area contributed by atoms with E-state index < -0.39 is 0 Å². The molecule has 4 rings (SSSR count). The molecule has 25 heavy (non-hydrogen) atoms. The molecular weight excluding hydrogens is 326 g/mol. The molecule has 1 heterocycles. The van der Waals surface area contributed by atoms with E-state index in [9.17, 15) is 0 Å². The molecule has 0 atom stereocenters. The van der Waals surface area contributed by atoms with E-state index in [1.165, 1.54) is 16.3 Å². The highest BCUT2D eigenvalue weighted by Gasteiger charge is 2.06. The number of benzene rings is 3. The summed E-state index contributed by atoms with van der Waals surface area (Å²) in [6.45, 7) is 0. The summed E-state index contributed by atoms with van der Waals surface area (Å²) < 4.78 is 0. The van der Waals surface area contributed by atoms with Crippen molar-refractivity contribution < 1.29 is 0 Å². The van der Waals surface area contributed by atoms with Crippen molar-refractivity contribution in [1.29, 1.82) is 0 Å². The maximum atomic E-state index is 5.90. The second-order valence-corrected chi connectivity index (χ2v) is 6.78. The van der Waals surface area contributed by atoms with Crippen molar-refractivity contribution in [3.63, 3.8) is 0 Å². The van der Waals surface area contributed by atoms with Gasteiger partial charge in [-0.05, 0) is 22.4 Å². The molecule has 1 aromatic heterocycles. The Hall–Kier alpha value is -2.85. The quantitative estimate of drug-likeness (QED) is 0.410. The van der Waals surface area contributed by atoms with E-state index in [-0.39, 0.29) is 0 Å². The molecule has 4 aromatic rings. The van der Waals surface area contributed by atoms with Gasteiger partial charge in [0.1, 0.15) is 5.03 Å². The number of hydrogen-bond donors (Lipinski definition) is 1. The standard InChI is InChI=1S/C21H17N3S/c22-21-23-19(17-7-2-1-3-8-17)13-20(24-21)25-14-15-10-11-16-6-4-5-9-18(16)12-15/h1-13H,14H2,(H2,22,23,24). The van der Waals surface area contributed by atoms with Gasteiger partial charge in [-0.3, -0.25) is 0 Å². The van der Waals surface area contributed by atoms with Gasteiger partial charge in [0.05, 0.1) is 5.69 Å². The molecule has 0 radical (unpaired) electrons. The van der Waals surface area contributed by atoms with Crippen LogP contribution >= 0.6 is 11.8 Å². The molecule has 0 bridgehead atoms. The van der Waals surface area contributed by atoms with Crippen LogP contribution in [0.15, 0.2) is 83.9 Å². The summed E-state index contributed by atoms with van der Waals surface area (Å²) in [5.41, 5.74) is 9.07. The van der Waals surface area contributed by atoms with Crippen molar-refractivity contribution in [3.05, 3.63) is 84.4 Å². The largest absolute Gasteiger partial charge is 0.368 e. The second kappa shape index (κ2) is 6.95. The number of aromatic nitrogens is 2. The van der Waals surface area contributed by atoms with Crippen molar-refractivity contribution in [3.8, 4) is 11.3 Å². The summed E-state index contributed by atoms with van der Waals surface area (Å²) in [6, 6.07) is 27.0. The highest BCUT2D eigenvalue weighted by molar-refractivity contribution is 7.98. The third kappa shape index (κ3) is 3.64. The lowest BCUT2D eigenvalue weighted by Crippen LogP contribution is -1.98. The summed E-state index contributed by atoms with van der Waals surface area (Å²) in [5.74, 6) is 1.15. The van der Waals surface area contributed by atoms with Gasteiger partial charge in [0.2, 0.25) is 5.95 Å². The third-order valence-corrected chi connectivity index (χ3v) is 4.97. The Labute approximate surface area is 150 Å². The molecule has 4 heteroatoms. The van der Waals surface area contributed by atoms with E-state index >= 15 is 0 Å². The Morgan fingerprint density at radius 1 is 0.760 bits per heavy atom. The van der Waals surface area contributed by atoms with E-state index in [0.717, 1.165) is 22.0 Å². The molecule has 0 amide bonds. The van der Waals surface area contributed by atoms with E-state index in [4.69, 9.17) is 5.73 Å². The van der Waals surface area contributed by atoms with Crippen molar-refractivity contribution >= 4 is 28.5 Å². The van der Waals surface area contributed by atoms with Gasteiger partial charge in [0.15, 0.2) is 0 Å². The maximum absolute atomic E-state index is 5.90. The maximum Gasteiger partial charge on any atom is 0.221 e. The van der Waals surface area contributed by atoms with Gasteiger partial charge in [-0.1, -0.05) is 72.8 Å². The van der Waals surface area contributed by atoms with E-state index in [1.54, 1.807) is 11.8 Å². The van der Waals surface area contributed by atoms with Gasteiger partial charge in [-0.15, -0.1) is 11.8 Å². The van der Waals surface area contributed by atoms with Crippen molar-refractivity contribution in [2.75, 3.05) is 5.73 Å². The zero-order chi connectivity index (χ0) is 17.1. The van der Waals surface area contributed by atoms with Crippen LogP contribution < -0.4 is 5.73 Å². The second-order valence-electron chi connectivity index (χ2n) is 5.79. The molecule has 0 spiro atoms. The Balaban J connectivity index is 1.57. The first kappa shape index (κ1) is 15.7. The monoisotopic (exact) mass is 343 g/mol. The van der Waals surface area contributed by atoms with Crippen LogP contribution in [0.1, 0.15) is 5.56 Å². The van der Waals surface area contributed by atoms with Gasteiger partial charge in [0, 0.05) is 11.3 Å². The van der Waals surface area contributed by atoms with Crippen LogP contribution in [0.5, 0.6) is 0 Å². The topological polar surface area (TPSA) is 51.8 Å². The number of anilines is 1. The average molecular weight is 343 g/mol. The van der Waals surface area contributed by atoms with E-state index in [0.29, 0.717) is 5.95 Å². The van der Waals surface area contributed by atoms with Crippen molar-refractivity contribution in [1.82, 2.24) is 9.97 Å². The number of rotatable bonds is 4. The Morgan fingerprint density at radius 2 is 1.52 bits per heavy atom. The average Bonchev–Trinajstić information content (AvgIpc) is 2.66. The predicted octanol–water partition coefficient (Wildman–Crippen LogP) is 5.17. The smallest absolute Gasteiger partial charge is 0.221 e. The molecule has 0 saturated carbocycles. The molecule has 0 aliphatic heterocycles. The number of fused-ring (bicyclic) bond motifs is 1. The third-order valence-electron chi connectivity index (χ3n) is 3.99. The summed E-state index contributed by atoms with van der Waals surface area (Å²) >= 11 is 1.67. The number of nitrogens with zero attached hydrogens (tertiary/aromatic N) is 2. The van der Waals surface area contributed by atoms with Crippen LogP contribution in [0.4, 0.5) is 5.95 Å². The van der Waals surface area contributed by atoms with Gasteiger partial charge in [0.25, 0.3) is 0 Å². The molecular formula is C21H17N3S. The predicted molar refractivity (Wildman–Crippen MR) is 105 cm³/mol. The lowest BCUT2D eigenvalue weighted by Gasteiger charge is -2.07. The van der Waals surface area contributed by atoms with Crippen LogP contribution in [-0.4, -0.2) is 9.97 Å².